The lowest BCUT2D eigenvalue weighted by molar-refractivity contribution is -0.318. The highest BCUT2D eigenvalue weighted by molar-refractivity contribution is 5.86. The third-order valence-electron chi connectivity index (χ3n) is 7.81. The first-order chi connectivity index (χ1) is 21.5. The predicted octanol–water partition coefficient (Wildman–Crippen LogP) is -0.484. The summed E-state index contributed by atoms with van der Waals surface area (Å²) in [7, 11) is 4.32. The molecule has 0 spiro atoms. The fraction of sp³-hybridized carbons (Fsp3) is 0.500. The Morgan fingerprint density at radius 2 is 1.38 bits per heavy atom. The molecule has 15 heteroatoms. The van der Waals surface area contributed by atoms with Gasteiger partial charge in [-0.1, -0.05) is 0 Å². The second-order valence-electron chi connectivity index (χ2n) is 10.7. The number of aliphatic hydroxyl groups excluding tert-OH is 6. The zero-order valence-electron chi connectivity index (χ0n) is 24.8. The summed E-state index contributed by atoms with van der Waals surface area (Å²) in [5, 5.41) is 62.0. The first kappa shape index (κ1) is 32.9. The monoisotopic (exact) mass is 636 g/mol. The van der Waals surface area contributed by atoms with E-state index < -0.39 is 73.4 Å². The molecule has 0 radical (unpaired) electrons. The highest BCUT2D eigenvalue weighted by Crippen LogP contribution is 2.36. The van der Waals surface area contributed by atoms with Gasteiger partial charge in [0.05, 0.1) is 34.0 Å². The summed E-state index contributed by atoms with van der Waals surface area (Å²) in [6, 6.07) is 9.04. The molecule has 45 heavy (non-hydrogen) atoms. The molecule has 246 valence electrons. The van der Waals surface area contributed by atoms with Crippen molar-refractivity contribution >= 4 is 11.0 Å². The van der Waals surface area contributed by atoms with E-state index in [9.17, 15) is 35.4 Å². The minimum absolute atomic E-state index is 0.0243. The van der Waals surface area contributed by atoms with Gasteiger partial charge in [-0.2, -0.15) is 0 Å². The molecule has 0 saturated carbocycles. The van der Waals surface area contributed by atoms with Crippen LogP contribution in [0.15, 0.2) is 45.6 Å². The second-order valence-corrected chi connectivity index (χ2v) is 10.7. The van der Waals surface area contributed by atoms with E-state index in [1.54, 1.807) is 18.2 Å². The van der Waals surface area contributed by atoms with Crippen molar-refractivity contribution in [2.45, 2.75) is 68.3 Å². The summed E-state index contributed by atoms with van der Waals surface area (Å²) in [5.74, 6) is 1.23. The molecule has 15 nitrogen and oxygen atoms in total. The van der Waals surface area contributed by atoms with Crippen molar-refractivity contribution in [2.24, 2.45) is 0 Å². The first-order valence-corrected chi connectivity index (χ1v) is 14.0. The van der Waals surface area contributed by atoms with Crippen molar-refractivity contribution in [1.82, 2.24) is 0 Å². The largest absolute Gasteiger partial charge is 0.496 e. The third kappa shape index (κ3) is 6.44. The number of rotatable bonds is 9. The zero-order valence-corrected chi connectivity index (χ0v) is 24.8. The Hall–Kier alpha value is -3.51. The number of methoxy groups -OCH3 is 3. The van der Waals surface area contributed by atoms with Gasteiger partial charge in [0.1, 0.15) is 71.0 Å². The molecule has 3 aromatic rings. The van der Waals surface area contributed by atoms with Gasteiger partial charge >= 0.3 is 0 Å². The number of hydrogen-bond acceptors (Lipinski definition) is 15. The van der Waals surface area contributed by atoms with Gasteiger partial charge < -0.3 is 68.2 Å². The third-order valence-corrected chi connectivity index (χ3v) is 7.81. The average Bonchev–Trinajstić information content (AvgIpc) is 3.04. The molecule has 2 aromatic carbocycles. The molecule has 2 fully saturated rings. The van der Waals surface area contributed by atoms with Crippen LogP contribution < -0.4 is 24.4 Å². The molecule has 0 bridgehead atoms. The number of aliphatic hydroxyl groups is 6. The maximum atomic E-state index is 13.2. The fourth-order valence-corrected chi connectivity index (χ4v) is 5.22. The SMILES string of the molecule is COc1ccc(-c2cc(=O)c3c(OC)cc(O[C@@H]4O[C@H](CO[C@H]5O[C@H](C)[C@@H](O)[C@H](O)[C@H]5O)[C@@H](O)[C@H](O)[C@H]4O)cc3o2)cc1OC. The Kier molecular flexibility index (Phi) is 9.83. The Balaban J connectivity index is 1.39. The Morgan fingerprint density at radius 1 is 0.711 bits per heavy atom. The van der Waals surface area contributed by atoms with Crippen LogP contribution in [0.25, 0.3) is 22.3 Å². The van der Waals surface area contributed by atoms with Gasteiger partial charge in [0.25, 0.3) is 0 Å². The molecule has 6 N–H and O–H groups in total. The summed E-state index contributed by atoms with van der Waals surface area (Å²) in [4.78, 5) is 13.2. The summed E-state index contributed by atoms with van der Waals surface area (Å²) < 4.78 is 44.6. The maximum absolute atomic E-state index is 13.2. The predicted molar refractivity (Wildman–Crippen MR) is 153 cm³/mol. The lowest BCUT2D eigenvalue weighted by Crippen LogP contribution is -2.61. The number of benzene rings is 2. The minimum atomic E-state index is -1.74. The molecule has 2 saturated heterocycles. The Bertz CT molecular complexity index is 1540. The summed E-state index contributed by atoms with van der Waals surface area (Å²) in [5.41, 5.74) is 0.185. The average molecular weight is 637 g/mol. The molecule has 0 unspecified atom stereocenters. The Morgan fingerprint density at radius 3 is 2.07 bits per heavy atom. The van der Waals surface area contributed by atoms with Crippen LogP contribution >= 0.6 is 0 Å². The van der Waals surface area contributed by atoms with Gasteiger partial charge in [-0.25, -0.2) is 0 Å². The van der Waals surface area contributed by atoms with Crippen LogP contribution in [0.3, 0.4) is 0 Å². The van der Waals surface area contributed by atoms with E-state index in [1.807, 2.05) is 0 Å². The van der Waals surface area contributed by atoms with E-state index in [-0.39, 0.29) is 28.2 Å². The van der Waals surface area contributed by atoms with Crippen LogP contribution in [0.2, 0.25) is 0 Å². The van der Waals surface area contributed by atoms with E-state index in [4.69, 9.17) is 37.6 Å². The highest BCUT2D eigenvalue weighted by Gasteiger charge is 2.47. The smallest absolute Gasteiger partial charge is 0.229 e. The molecular formula is C30H36O15. The van der Waals surface area contributed by atoms with Crippen LogP contribution in [0.1, 0.15) is 6.92 Å². The molecule has 0 aliphatic carbocycles. The van der Waals surface area contributed by atoms with Crippen LogP contribution in [-0.4, -0.2) is 120 Å². The van der Waals surface area contributed by atoms with Crippen LogP contribution in [0.4, 0.5) is 0 Å². The van der Waals surface area contributed by atoms with Gasteiger partial charge in [-0.15, -0.1) is 0 Å². The molecule has 0 amide bonds. The van der Waals surface area contributed by atoms with Gasteiger partial charge in [-0.05, 0) is 25.1 Å². The van der Waals surface area contributed by atoms with Crippen molar-refractivity contribution in [2.75, 3.05) is 27.9 Å². The van der Waals surface area contributed by atoms with Gasteiger partial charge in [0, 0.05) is 23.8 Å². The number of ether oxygens (including phenoxy) is 7. The van der Waals surface area contributed by atoms with Gasteiger partial charge in [0.15, 0.2) is 23.2 Å². The van der Waals surface area contributed by atoms with Crippen LogP contribution in [-0.2, 0) is 14.2 Å². The molecular weight excluding hydrogens is 600 g/mol. The quantitative estimate of drug-likeness (QED) is 0.175. The van der Waals surface area contributed by atoms with Crippen molar-refractivity contribution in [1.29, 1.82) is 0 Å². The zero-order chi connectivity index (χ0) is 32.6. The van der Waals surface area contributed by atoms with Crippen molar-refractivity contribution in [3.05, 3.63) is 46.6 Å². The lowest BCUT2D eigenvalue weighted by Gasteiger charge is -2.42. The summed E-state index contributed by atoms with van der Waals surface area (Å²) >= 11 is 0. The molecule has 1 aromatic heterocycles. The first-order valence-electron chi connectivity index (χ1n) is 14.0. The maximum Gasteiger partial charge on any atom is 0.229 e. The van der Waals surface area contributed by atoms with Gasteiger partial charge in [0.2, 0.25) is 6.29 Å². The fourth-order valence-electron chi connectivity index (χ4n) is 5.22. The van der Waals surface area contributed by atoms with Crippen molar-refractivity contribution < 1.29 is 68.2 Å². The number of fused-ring (bicyclic) bond motifs is 1. The summed E-state index contributed by atoms with van der Waals surface area (Å²) in [6.07, 6.45) is -14.7. The lowest BCUT2D eigenvalue weighted by atomic mass is 9.98. The molecule has 3 heterocycles. The summed E-state index contributed by atoms with van der Waals surface area (Å²) in [6.45, 7) is 1.01. The van der Waals surface area contributed by atoms with Crippen LogP contribution in [0.5, 0.6) is 23.0 Å². The highest BCUT2D eigenvalue weighted by atomic mass is 16.7. The minimum Gasteiger partial charge on any atom is -0.496 e. The normalized spacial score (nSPS) is 31.9. The molecule has 2 aliphatic heterocycles. The van der Waals surface area contributed by atoms with Crippen molar-refractivity contribution in [3.63, 3.8) is 0 Å². The van der Waals surface area contributed by atoms with E-state index in [2.05, 4.69) is 0 Å². The van der Waals surface area contributed by atoms with Gasteiger partial charge in [-0.3, -0.25) is 4.79 Å². The molecule has 5 rings (SSSR count). The van der Waals surface area contributed by atoms with E-state index in [1.165, 1.54) is 46.5 Å². The number of hydrogen-bond donors (Lipinski definition) is 6. The Labute approximate surface area is 256 Å². The molecule has 10 atom stereocenters. The molecule has 2 aliphatic rings. The van der Waals surface area contributed by atoms with Crippen LogP contribution in [0, 0.1) is 0 Å². The van der Waals surface area contributed by atoms with E-state index in [0.29, 0.717) is 17.1 Å². The van der Waals surface area contributed by atoms with E-state index in [0.717, 1.165) is 0 Å². The topological polar surface area (TPSA) is 216 Å². The van der Waals surface area contributed by atoms with E-state index >= 15 is 0 Å². The second kappa shape index (κ2) is 13.5. The standard InChI is InChI=1S/C30H36O15/c1-12-23(32)25(34)27(36)29(42-12)41-11-21-24(33)26(35)28(37)30(45-21)43-14-8-19(40-4)22-15(31)10-17(44-20(22)9-14)13-5-6-16(38-2)18(7-13)39-3/h5-10,12,21,23-30,32-37H,11H2,1-4H3/t12-,21-,23-,24-,25+,26+,27-,28-,29+,30-/m1/s1. The van der Waals surface area contributed by atoms with Crippen molar-refractivity contribution in [3.8, 4) is 34.3 Å².